The van der Waals surface area contributed by atoms with Gasteiger partial charge in [0.2, 0.25) is 16.0 Å². The van der Waals surface area contributed by atoms with Crippen molar-refractivity contribution in [1.82, 2.24) is 20.0 Å². The van der Waals surface area contributed by atoms with E-state index < -0.39 is 40.4 Å². The molecule has 5 rings (SSSR count). The number of rotatable bonds is 11. The number of nitrogens with one attached hydrogen (secondary N) is 2. The van der Waals surface area contributed by atoms with Crippen LogP contribution < -0.4 is 19.7 Å². The van der Waals surface area contributed by atoms with Gasteiger partial charge in [-0.25, -0.2) is 32.7 Å². The third-order valence-electron chi connectivity index (χ3n) is 8.05. The second-order valence-electron chi connectivity index (χ2n) is 12.1. The fraction of sp³-hybridized carbons (Fsp3) is 0.455. The normalized spacial score (nSPS) is 17.4. The highest BCUT2D eigenvalue weighted by atomic mass is 32.2. The molecule has 2 aliphatic rings. The first-order valence-electron chi connectivity index (χ1n) is 16.2. The van der Waals surface area contributed by atoms with Crippen LogP contribution in [0.15, 0.2) is 71.8 Å². The number of aromatic nitrogens is 2. The molecule has 1 aromatic heterocycles. The summed E-state index contributed by atoms with van der Waals surface area (Å²) in [5.41, 5.74) is 2.07. The number of carboxylic acids is 2. The number of carboxylic acid groups (broad SMARTS) is 2. The molecular weight excluding hydrogens is 756 g/mol. The van der Waals surface area contributed by atoms with Crippen molar-refractivity contribution in [2.24, 2.45) is 0 Å². The summed E-state index contributed by atoms with van der Waals surface area (Å²) in [5, 5.41) is 28.1. The molecule has 21 heteroatoms. The first kappa shape index (κ1) is 43.8. The van der Waals surface area contributed by atoms with Crippen LogP contribution in [-0.4, -0.2) is 116 Å². The van der Waals surface area contributed by atoms with Crippen molar-refractivity contribution in [2.75, 3.05) is 44.8 Å². The van der Waals surface area contributed by atoms with Crippen molar-refractivity contribution in [3.8, 4) is 5.75 Å². The van der Waals surface area contributed by atoms with Crippen LogP contribution in [0.4, 0.5) is 32.3 Å². The molecule has 298 valence electrons. The number of ether oxygens (including phenoxy) is 2. The molecule has 0 aliphatic carbocycles. The van der Waals surface area contributed by atoms with E-state index in [0.717, 1.165) is 50.4 Å². The average Bonchev–Trinajstić information content (AvgIpc) is 3.52. The SMILES string of the molecule is CNS(=O)(=O)c1cccc(OCC(O)CN[C@H]2COC3(CCN(c4nccc(Cc5ccccc5)n4)CC3)C2)c1.O=C(O)C(F)(F)F.O=C(O)C(F)(F)F. The Morgan fingerprint density at radius 3 is 2.19 bits per heavy atom. The smallest absolute Gasteiger partial charge is 0.490 e. The Bertz CT molecular complexity index is 1750. The van der Waals surface area contributed by atoms with Gasteiger partial charge < -0.3 is 35.0 Å². The minimum atomic E-state index is -5.08. The highest BCUT2D eigenvalue weighted by Gasteiger charge is 2.43. The second-order valence-corrected chi connectivity index (χ2v) is 13.9. The summed E-state index contributed by atoms with van der Waals surface area (Å²) in [4.78, 5) is 29.5. The van der Waals surface area contributed by atoms with Crippen molar-refractivity contribution in [2.45, 2.75) is 60.7 Å². The molecule has 14 nitrogen and oxygen atoms in total. The van der Waals surface area contributed by atoms with Crippen LogP contribution in [0.2, 0.25) is 0 Å². The summed E-state index contributed by atoms with van der Waals surface area (Å²) in [6, 6.07) is 18.7. The average molecular weight is 796 g/mol. The molecule has 0 bridgehead atoms. The monoisotopic (exact) mass is 795 g/mol. The highest BCUT2D eigenvalue weighted by Crippen LogP contribution is 2.36. The van der Waals surface area contributed by atoms with Gasteiger partial charge in [0.1, 0.15) is 18.5 Å². The van der Waals surface area contributed by atoms with Gasteiger partial charge in [0.25, 0.3) is 0 Å². The van der Waals surface area contributed by atoms with Gasteiger partial charge in [0, 0.05) is 44.4 Å². The van der Waals surface area contributed by atoms with Crippen LogP contribution in [0.5, 0.6) is 5.75 Å². The lowest BCUT2D eigenvalue weighted by Gasteiger charge is -2.38. The number of hydrogen-bond acceptors (Lipinski definition) is 11. The van der Waals surface area contributed by atoms with Gasteiger partial charge in [-0.15, -0.1) is 0 Å². The number of carbonyl (C=O) groups is 2. The number of sulfonamides is 1. The molecule has 2 atom stereocenters. The molecule has 2 fully saturated rings. The van der Waals surface area contributed by atoms with Crippen LogP contribution >= 0.6 is 0 Å². The Morgan fingerprint density at radius 2 is 1.61 bits per heavy atom. The summed E-state index contributed by atoms with van der Waals surface area (Å²) in [6.45, 7) is 2.67. The van der Waals surface area contributed by atoms with E-state index in [1.807, 2.05) is 30.5 Å². The minimum absolute atomic E-state index is 0.0487. The highest BCUT2D eigenvalue weighted by molar-refractivity contribution is 7.89. The summed E-state index contributed by atoms with van der Waals surface area (Å²) >= 11 is 0. The standard InChI is InChI=1S/C29H37N5O5S.2C2HF3O2/c1-30-40(36,37)27-9-5-8-26(17-27)38-21-25(35)19-32-24-18-29(39-20-24)11-14-34(15-12-29)28-31-13-10-23(33-28)16-22-6-3-2-4-7-22;2*3-2(4,5)1(6)7/h2-10,13,17,24-25,30,32,35H,11-12,14-16,18-21H2,1H3;2*(H,6,7)/t24-,25?;;/m1../s1. The largest absolute Gasteiger partial charge is 0.491 e. The number of alkyl halides is 6. The number of piperidine rings is 1. The van der Waals surface area contributed by atoms with Crippen LogP contribution in [0.25, 0.3) is 0 Å². The van der Waals surface area contributed by atoms with E-state index in [9.17, 15) is 39.9 Å². The van der Waals surface area contributed by atoms with Crippen molar-refractivity contribution < 1.29 is 69.1 Å². The van der Waals surface area contributed by atoms with E-state index >= 15 is 0 Å². The Hall–Kier alpha value is -4.57. The topological polar surface area (TPSA) is 201 Å². The van der Waals surface area contributed by atoms with Crippen molar-refractivity contribution in [1.29, 1.82) is 0 Å². The number of anilines is 1. The van der Waals surface area contributed by atoms with Gasteiger partial charge in [0.05, 0.1) is 22.8 Å². The van der Waals surface area contributed by atoms with E-state index in [0.29, 0.717) is 18.9 Å². The van der Waals surface area contributed by atoms with Crippen molar-refractivity contribution in [3.63, 3.8) is 0 Å². The van der Waals surface area contributed by atoms with E-state index in [4.69, 9.17) is 34.3 Å². The van der Waals surface area contributed by atoms with Crippen LogP contribution in [0, 0.1) is 0 Å². The zero-order valence-corrected chi connectivity index (χ0v) is 29.5. The van der Waals surface area contributed by atoms with Crippen molar-refractivity contribution >= 4 is 27.9 Å². The van der Waals surface area contributed by atoms with Crippen LogP contribution in [0.1, 0.15) is 30.5 Å². The van der Waals surface area contributed by atoms with Gasteiger partial charge in [-0.05, 0) is 50.1 Å². The lowest BCUT2D eigenvalue weighted by molar-refractivity contribution is -0.193. The summed E-state index contributed by atoms with van der Waals surface area (Å²) in [6.07, 6.45) is -5.61. The number of nitrogens with zero attached hydrogens (tertiary/aromatic N) is 3. The number of benzene rings is 2. The Balaban J connectivity index is 0.000000476. The van der Waals surface area contributed by atoms with E-state index in [1.54, 1.807) is 12.1 Å². The lowest BCUT2D eigenvalue weighted by Crippen LogP contribution is -2.45. The van der Waals surface area contributed by atoms with Crippen LogP contribution in [0.3, 0.4) is 0 Å². The number of halogens is 6. The molecule has 5 N–H and O–H groups in total. The summed E-state index contributed by atoms with van der Waals surface area (Å²) < 4.78 is 102. The second kappa shape index (κ2) is 19.1. The quantitative estimate of drug-likeness (QED) is 0.177. The maximum absolute atomic E-state index is 12.0. The summed E-state index contributed by atoms with van der Waals surface area (Å²) in [5.74, 6) is -4.35. The molecule has 3 aromatic rings. The van der Waals surface area contributed by atoms with E-state index in [-0.39, 0.29) is 23.1 Å². The molecule has 0 saturated carbocycles. The predicted molar refractivity (Wildman–Crippen MR) is 179 cm³/mol. The van der Waals surface area contributed by atoms with Crippen molar-refractivity contribution in [3.05, 3.63) is 78.1 Å². The number of aliphatic carboxylic acids is 2. The van der Waals surface area contributed by atoms with E-state index in [1.165, 1.54) is 24.7 Å². The summed E-state index contributed by atoms with van der Waals surface area (Å²) in [7, 11) is -2.20. The van der Waals surface area contributed by atoms with Gasteiger partial charge >= 0.3 is 24.3 Å². The minimum Gasteiger partial charge on any atom is -0.491 e. The van der Waals surface area contributed by atoms with Crippen LogP contribution in [-0.2, 0) is 30.8 Å². The van der Waals surface area contributed by atoms with Gasteiger partial charge in [-0.1, -0.05) is 36.4 Å². The van der Waals surface area contributed by atoms with E-state index in [2.05, 4.69) is 32.1 Å². The number of aliphatic hydroxyl groups excluding tert-OH is 1. The number of aliphatic hydroxyl groups is 1. The lowest BCUT2D eigenvalue weighted by atomic mass is 9.87. The molecule has 2 aliphatic heterocycles. The molecule has 2 saturated heterocycles. The molecule has 3 heterocycles. The fourth-order valence-corrected chi connectivity index (χ4v) is 6.05. The Morgan fingerprint density at radius 1 is 1.00 bits per heavy atom. The van der Waals surface area contributed by atoms with Gasteiger partial charge in [-0.2, -0.15) is 26.3 Å². The number of hydrogen-bond donors (Lipinski definition) is 5. The first-order chi connectivity index (χ1) is 25.2. The Kier molecular flexibility index (Phi) is 15.5. The maximum atomic E-state index is 12.0. The molecule has 54 heavy (non-hydrogen) atoms. The zero-order chi connectivity index (χ0) is 40.2. The van der Waals surface area contributed by atoms with Gasteiger partial charge in [-0.3, -0.25) is 0 Å². The molecular formula is C33H39F6N5O9S. The predicted octanol–water partition coefficient (Wildman–Crippen LogP) is 3.40. The third kappa shape index (κ3) is 14.0. The fourth-order valence-electron chi connectivity index (χ4n) is 5.28. The molecule has 1 unspecified atom stereocenters. The molecule has 0 amide bonds. The Labute approximate surface area is 306 Å². The molecule has 1 spiro atoms. The third-order valence-corrected chi connectivity index (χ3v) is 9.46. The molecule has 2 aromatic carbocycles. The zero-order valence-electron chi connectivity index (χ0n) is 28.7. The maximum Gasteiger partial charge on any atom is 0.490 e. The van der Waals surface area contributed by atoms with Gasteiger partial charge in [0.15, 0.2) is 0 Å². The molecule has 0 radical (unpaired) electrons. The first-order valence-corrected chi connectivity index (χ1v) is 17.6.